The molecule has 0 aliphatic carbocycles. The van der Waals surface area contributed by atoms with E-state index in [1.807, 2.05) is 24.3 Å². The second-order valence-corrected chi connectivity index (χ2v) is 4.63. The Labute approximate surface area is 109 Å². The van der Waals surface area contributed by atoms with Crippen LogP contribution in [0.15, 0.2) is 24.3 Å². The van der Waals surface area contributed by atoms with Crippen molar-refractivity contribution >= 4 is 17.3 Å². The third-order valence-electron chi connectivity index (χ3n) is 2.93. The molecule has 96 valence electrons. The van der Waals surface area contributed by atoms with E-state index in [0.29, 0.717) is 5.92 Å². The largest absolute Gasteiger partial charge is 0.383 e. The Kier molecular flexibility index (Phi) is 7.06. The molecule has 0 fully saturated rings. The number of hydrogen-bond acceptors (Lipinski definition) is 2. The predicted molar refractivity (Wildman–Crippen MR) is 74.8 cm³/mol. The molecule has 0 aliphatic rings. The summed E-state index contributed by atoms with van der Waals surface area (Å²) in [4.78, 5) is 0. The summed E-state index contributed by atoms with van der Waals surface area (Å²) in [5.74, 6) is 0.700. The van der Waals surface area contributed by atoms with Gasteiger partial charge in [0.15, 0.2) is 0 Å². The van der Waals surface area contributed by atoms with Crippen LogP contribution in [0.2, 0.25) is 5.02 Å². The Morgan fingerprint density at radius 3 is 2.41 bits per heavy atom. The van der Waals surface area contributed by atoms with Gasteiger partial charge in [-0.1, -0.05) is 38.3 Å². The molecule has 17 heavy (non-hydrogen) atoms. The maximum absolute atomic E-state index is 5.81. The van der Waals surface area contributed by atoms with Crippen molar-refractivity contribution in [1.29, 1.82) is 0 Å². The van der Waals surface area contributed by atoms with Crippen LogP contribution in [0.5, 0.6) is 0 Å². The standard InChI is InChI=1S/C14H22ClNO/c1-3-12(4-2)11-17-10-9-16-14-7-5-13(15)6-8-14/h5-8,12,16H,3-4,9-11H2,1-2H3. The van der Waals surface area contributed by atoms with Gasteiger partial charge in [-0.3, -0.25) is 0 Å². The third-order valence-corrected chi connectivity index (χ3v) is 3.18. The first-order valence-corrected chi connectivity index (χ1v) is 6.71. The lowest BCUT2D eigenvalue weighted by molar-refractivity contribution is 0.104. The van der Waals surface area contributed by atoms with Gasteiger partial charge in [0, 0.05) is 23.9 Å². The van der Waals surface area contributed by atoms with Gasteiger partial charge in [0.2, 0.25) is 0 Å². The smallest absolute Gasteiger partial charge is 0.0639 e. The lowest BCUT2D eigenvalue weighted by atomic mass is 10.1. The lowest BCUT2D eigenvalue weighted by Gasteiger charge is -2.13. The first kappa shape index (κ1) is 14.3. The van der Waals surface area contributed by atoms with Gasteiger partial charge in [0.05, 0.1) is 6.61 Å². The number of nitrogens with one attached hydrogen (secondary N) is 1. The highest BCUT2D eigenvalue weighted by atomic mass is 35.5. The Balaban J connectivity index is 2.10. The van der Waals surface area contributed by atoms with Gasteiger partial charge in [0.1, 0.15) is 0 Å². The van der Waals surface area contributed by atoms with E-state index in [-0.39, 0.29) is 0 Å². The van der Waals surface area contributed by atoms with Crippen LogP contribution < -0.4 is 5.32 Å². The van der Waals surface area contributed by atoms with Crippen molar-refractivity contribution in [3.8, 4) is 0 Å². The molecular weight excluding hydrogens is 234 g/mol. The second kappa shape index (κ2) is 8.37. The molecule has 0 heterocycles. The Hall–Kier alpha value is -0.730. The molecule has 0 radical (unpaired) electrons. The highest BCUT2D eigenvalue weighted by Crippen LogP contribution is 2.13. The summed E-state index contributed by atoms with van der Waals surface area (Å²) in [7, 11) is 0. The molecule has 0 atom stereocenters. The summed E-state index contributed by atoms with van der Waals surface area (Å²) < 4.78 is 5.63. The monoisotopic (exact) mass is 255 g/mol. The van der Waals surface area contributed by atoms with Crippen molar-refractivity contribution < 1.29 is 4.74 Å². The highest BCUT2D eigenvalue weighted by Gasteiger charge is 2.02. The summed E-state index contributed by atoms with van der Waals surface area (Å²) in [6.07, 6.45) is 2.39. The van der Waals surface area contributed by atoms with Crippen molar-refractivity contribution in [3.05, 3.63) is 29.3 Å². The van der Waals surface area contributed by atoms with E-state index < -0.39 is 0 Å². The summed E-state index contributed by atoms with van der Waals surface area (Å²) in [5.41, 5.74) is 1.08. The topological polar surface area (TPSA) is 21.3 Å². The first-order chi connectivity index (χ1) is 8.26. The van der Waals surface area contributed by atoms with Gasteiger partial charge in [-0.25, -0.2) is 0 Å². The number of anilines is 1. The molecule has 1 aromatic rings. The number of benzene rings is 1. The summed E-state index contributed by atoms with van der Waals surface area (Å²) in [5, 5.41) is 4.06. The van der Waals surface area contributed by atoms with Gasteiger partial charge in [-0.15, -0.1) is 0 Å². The predicted octanol–water partition coefficient (Wildman–Crippen LogP) is 4.20. The first-order valence-electron chi connectivity index (χ1n) is 6.33. The van der Waals surface area contributed by atoms with E-state index in [1.165, 1.54) is 12.8 Å². The third kappa shape index (κ3) is 5.94. The van der Waals surface area contributed by atoms with Crippen LogP contribution in [0.1, 0.15) is 26.7 Å². The maximum Gasteiger partial charge on any atom is 0.0639 e. The molecule has 0 saturated heterocycles. The van der Waals surface area contributed by atoms with E-state index in [1.54, 1.807) is 0 Å². The summed E-state index contributed by atoms with van der Waals surface area (Å²) >= 11 is 5.81. The zero-order valence-electron chi connectivity index (χ0n) is 10.7. The van der Waals surface area contributed by atoms with Crippen LogP contribution in [-0.4, -0.2) is 19.8 Å². The molecule has 1 aromatic carbocycles. The molecule has 0 unspecified atom stereocenters. The minimum absolute atomic E-state index is 0.700. The van der Waals surface area contributed by atoms with Crippen LogP contribution in [0.4, 0.5) is 5.69 Å². The second-order valence-electron chi connectivity index (χ2n) is 4.19. The molecule has 1 N–H and O–H groups in total. The van der Waals surface area contributed by atoms with Crippen molar-refractivity contribution in [2.45, 2.75) is 26.7 Å². The fourth-order valence-electron chi connectivity index (χ4n) is 1.61. The average molecular weight is 256 g/mol. The van der Waals surface area contributed by atoms with Crippen LogP contribution in [0.3, 0.4) is 0 Å². The van der Waals surface area contributed by atoms with Gasteiger partial charge in [0.25, 0.3) is 0 Å². The van der Waals surface area contributed by atoms with Gasteiger partial charge < -0.3 is 10.1 Å². The van der Waals surface area contributed by atoms with E-state index in [9.17, 15) is 0 Å². The van der Waals surface area contributed by atoms with E-state index in [4.69, 9.17) is 16.3 Å². The van der Waals surface area contributed by atoms with Gasteiger partial charge in [-0.05, 0) is 30.2 Å². The summed E-state index contributed by atoms with van der Waals surface area (Å²) in [6, 6.07) is 7.72. The molecule has 1 rings (SSSR count). The zero-order valence-corrected chi connectivity index (χ0v) is 11.5. The molecule has 0 aromatic heterocycles. The van der Waals surface area contributed by atoms with Gasteiger partial charge >= 0.3 is 0 Å². The molecule has 0 saturated carbocycles. The Morgan fingerprint density at radius 1 is 1.18 bits per heavy atom. The van der Waals surface area contributed by atoms with Crippen LogP contribution >= 0.6 is 11.6 Å². The fourth-order valence-corrected chi connectivity index (χ4v) is 1.74. The van der Waals surface area contributed by atoms with Crippen molar-refractivity contribution in [3.63, 3.8) is 0 Å². The highest BCUT2D eigenvalue weighted by molar-refractivity contribution is 6.30. The van der Waals surface area contributed by atoms with E-state index >= 15 is 0 Å². The van der Waals surface area contributed by atoms with Gasteiger partial charge in [-0.2, -0.15) is 0 Å². The Morgan fingerprint density at radius 2 is 1.82 bits per heavy atom. The molecule has 2 nitrogen and oxygen atoms in total. The number of rotatable bonds is 8. The van der Waals surface area contributed by atoms with Crippen molar-refractivity contribution in [2.75, 3.05) is 25.1 Å². The normalized spacial score (nSPS) is 10.8. The minimum Gasteiger partial charge on any atom is -0.383 e. The molecule has 0 spiro atoms. The quantitative estimate of drug-likeness (QED) is 0.703. The lowest BCUT2D eigenvalue weighted by Crippen LogP contribution is -2.14. The van der Waals surface area contributed by atoms with E-state index in [0.717, 1.165) is 30.5 Å². The van der Waals surface area contributed by atoms with Crippen molar-refractivity contribution in [1.82, 2.24) is 0 Å². The Bertz CT molecular complexity index is 296. The molecule has 0 bridgehead atoms. The molecule has 3 heteroatoms. The molecule has 0 aliphatic heterocycles. The number of halogens is 1. The number of ether oxygens (including phenoxy) is 1. The molecule has 0 amide bonds. The SMILES string of the molecule is CCC(CC)COCCNc1ccc(Cl)cc1. The molecular formula is C14H22ClNO. The zero-order chi connectivity index (χ0) is 12.5. The van der Waals surface area contributed by atoms with E-state index in [2.05, 4.69) is 19.2 Å². The maximum atomic E-state index is 5.81. The van der Waals surface area contributed by atoms with Crippen LogP contribution in [0, 0.1) is 5.92 Å². The number of hydrogen-bond donors (Lipinski definition) is 1. The average Bonchev–Trinajstić information content (AvgIpc) is 2.36. The minimum atomic E-state index is 0.700. The van der Waals surface area contributed by atoms with Crippen LogP contribution in [-0.2, 0) is 4.74 Å². The summed E-state index contributed by atoms with van der Waals surface area (Å²) in [6.45, 7) is 6.88. The van der Waals surface area contributed by atoms with Crippen molar-refractivity contribution in [2.24, 2.45) is 5.92 Å². The van der Waals surface area contributed by atoms with Crippen LogP contribution in [0.25, 0.3) is 0 Å². The fraction of sp³-hybridized carbons (Fsp3) is 0.571.